The van der Waals surface area contributed by atoms with Crippen molar-refractivity contribution in [2.75, 3.05) is 0 Å². The number of aromatic amines is 1. The van der Waals surface area contributed by atoms with Crippen LogP contribution < -0.4 is 5.32 Å². The molecule has 0 spiro atoms. The molecule has 0 unspecified atom stereocenters. The monoisotopic (exact) mass is 301 g/mol. The Kier molecular flexibility index (Phi) is 3.57. The topological polar surface area (TPSA) is 75.6 Å². The van der Waals surface area contributed by atoms with E-state index < -0.39 is 0 Å². The van der Waals surface area contributed by atoms with E-state index in [1.165, 1.54) is 0 Å². The smallest absolute Gasteiger partial charge is 0.268 e. The summed E-state index contributed by atoms with van der Waals surface area (Å²) in [4.78, 5) is 23.5. The first-order valence-corrected chi connectivity index (χ1v) is 7.36. The van der Waals surface area contributed by atoms with Crippen molar-refractivity contribution >= 4 is 17.2 Å². The van der Waals surface area contributed by atoms with Crippen molar-refractivity contribution in [1.82, 2.24) is 24.8 Å². The Morgan fingerprint density at radius 2 is 2.38 bits per heavy atom. The molecule has 0 aliphatic heterocycles. The van der Waals surface area contributed by atoms with Crippen molar-refractivity contribution in [3.8, 4) is 11.3 Å². The third kappa shape index (κ3) is 2.87. The number of amides is 1. The number of imidazole rings is 1. The molecule has 0 saturated heterocycles. The maximum Gasteiger partial charge on any atom is 0.268 e. The number of aromatic nitrogens is 4. The first-order valence-electron chi connectivity index (χ1n) is 6.48. The summed E-state index contributed by atoms with van der Waals surface area (Å²) < 4.78 is 1.81. The number of hydrogen-bond acceptors (Lipinski definition) is 4. The zero-order valence-electron chi connectivity index (χ0n) is 11.8. The number of thiazole rings is 1. The molecule has 0 saturated carbocycles. The molecule has 0 aliphatic rings. The average Bonchev–Trinajstić information content (AvgIpc) is 3.16. The van der Waals surface area contributed by atoms with Gasteiger partial charge in [-0.1, -0.05) is 0 Å². The predicted octanol–water partition coefficient (Wildman–Crippen LogP) is 2.11. The Morgan fingerprint density at radius 1 is 1.52 bits per heavy atom. The highest BCUT2D eigenvalue weighted by Crippen LogP contribution is 2.23. The number of H-pyrrole nitrogens is 1. The molecule has 21 heavy (non-hydrogen) atoms. The number of carbonyl (C=O) groups excluding carboxylic acids is 1. The Balaban J connectivity index is 1.76. The lowest BCUT2D eigenvalue weighted by atomic mass is 10.2. The third-order valence-corrected chi connectivity index (χ3v) is 3.92. The number of aryl methyl sites for hydroxylation is 2. The molecular formula is C14H15N5OS. The number of rotatable bonds is 4. The summed E-state index contributed by atoms with van der Waals surface area (Å²) in [6.45, 7) is 2.39. The van der Waals surface area contributed by atoms with Crippen molar-refractivity contribution in [1.29, 1.82) is 0 Å². The van der Waals surface area contributed by atoms with Crippen LogP contribution in [0.1, 0.15) is 21.2 Å². The summed E-state index contributed by atoms with van der Waals surface area (Å²) in [5.74, 6) is -0.120. The molecule has 2 N–H and O–H groups in total. The summed E-state index contributed by atoms with van der Waals surface area (Å²) in [6.07, 6.45) is 5.20. The molecule has 108 valence electrons. The lowest BCUT2D eigenvalue weighted by molar-refractivity contribution is 0.0942. The average molecular weight is 301 g/mol. The van der Waals surface area contributed by atoms with E-state index in [0.717, 1.165) is 22.0 Å². The molecule has 0 atom stereocenters. The highest BCUT2D eigenvalue weighted by Gasteiger charge is 2.14. The Labute approximate surface area is 125 Å². The second kappa shape index (κ2) is 5.53. The first kappa shape index (κ1) is 13.6. The van der Waals surface area contributed by atoms with Crippen LogP contribution in [0.2, 0.25) is 0 Å². The molecule has 3 aromatic rings. The summed E-state index contributed by atoms with van der Waals surface area (Å²) >= 11 is 1.60. The molecule has 3 aromatic heterocycles. The van der Waals surface area contributed by atoms with E-state index in [0.29, 0.717) is 12.2 Å². The highest BCUT2D eigenvalue weighted by molar-refractivity contribution is 7.09. The standard InChI is InChI=1S/C14H15N5OS/c1-9-18-12(7-21-9)10-3-13(19(2)6-10)14(20)16-5-11-4-15-8-17-11/h3-4,6-8H,5H2,1-2H3,(H,15,17)(H,16,20). The number of hydrogen-bond donors (Lipinski definition) is 2. The minimum atomic E-state index is -0.120. The van der Waals surface area contributed by atoms with E-state index in [9.17, 15) is 4.79 Å². The van der Waals surface area contributed by atoms with E-state index in [1.807, 2.05) is 36.2 Å². The molecule has 6 nitrogen and oxygen atoms in total. The van der Waals surface area contributed by atoms with E-state index in [4.69, 9.17) is 0 Å². The summed E-state index contributed by atoms with van der Waals surface area (Å²) in [6, 6.07) is 1.86. The minimum Gasteiger partial charge on any atom is -0.347 e. The van der Waals surface area contributed by atoms with Crippen molar-refractivity contribution in [2.24, 2.45) is 7.05 Å². The zero-order chi connectivity index (χ0) is 14.8. The van der Waals surface area contributed by atoms with Crippen molar-refractivity contribution in [2.45, 2.75) is 13.5 Å². The molecule has 0 radical (unpaired) electrons. The van der Waals surface area contributed by atoms with Gasteiger partial charge in [-0.05, 0) is 13.0 Å². The third-order valence-electron chi connectivity index (χ3n) is 3.15. The SMILES string of the molecule is Cc1nc(-c2cc(C(=O)NCc3cnc[nH]3)n(C)c2)cs1. The minimum absolute atomic E-state index is 0.120. The van der Waals surface area contributed by atoms with Crippen LogP contribution in [0.25, 0.3) is 11.3 Å². The zero-order valence-corrected chi connectivity index (χ0v) is 12.6. The molecule has 0 aromatic carbocycles. The van der Waals surface area contributed by atoms with Gasteiger partial charge in [-0.2, -0.15) is 0 Å². The van der Waals surface area contributed by atoms with Crippen LogP contribution in [0, 0.1) is 6.92 Å². The lowest BCUT2D eigenvalue weighted by Gasteiger charge is -2.04. The van der Waals surface area contributed by atoms with Crippen LogP contribution in [0.3, 0.4) is 0 Å². The normalized spacial score (nSPS) is 10.8. The molecule has 7 heteroatoms. The van der Waals surface area contributed by atoms with E-state index in [1.54, 1.807) is 23.9 Å². The van der Waals surface area contributed by atoms with Crippen LogP contribution in [0.4, 0.5) is 0 Å². The van der Waals surface area contributed by atoms with Crippen LogP contribution in [-0.2, 0) is 13.6 Å². The maximum absolute atomic E-state index is 12.2. The summed E-state index contributed by atoms with van der Waals surface area (Å²) in [7, 11) is 1.85. The highest BCUT2D eigenvalue weighted by atomic mass is 32.1. The molecule has 0 bridgehead atoms. The second-order valence-electron chi connectivity index (χ2n) is 4.74. The maximum atomic E-state index is 12.2. The van der Waals surface area contributed by atoms with Crippen molar-refractivity contribution in [3.05, 3.63) is 46.6 Å². The van der Waals surface area contributed by atoms with Gasteiger partial charge in [-0.3, -0.25) is 4.79 Å². The van der Waals surface area contributed by atoms with E-state index >= 15 is 0 Å². The van der Waals surface area contributed by atoms with Gasteiger partial charge in [0.15, 0.2) is 0 Å². The van der Waals surface area contributed by atoms with Gasteiger partial charge in [0.1, 0.15) is 5.69 Å². The number of nitrogens with zero attached hydrogens (tertiary/aromatic N) is 3. The van der Waals surface area contributed by atoms with Crippen LogP contribution >= 0.6 is 11.3 Å². The van der Waals surface area contributed by atoms with Gasteiger partial charge in [0.2, 0.25) is 0 Å². The number of carbonyl (C=O) groups is 1. The van der Waals surface area contributed by atoms with Gasteiger partial charge >= 0.3 is 0 Å². The predicted molar refractivity (Wildman–Crippen MR) is 81.0 cm³/mol. The van der Waals surface area contributed by atoms with Gasteiger partial charge < -0.3 is 14.9 Å². The molecule has 0 fully saturated rings. The molecule has 0 aliphatic carbocycles. The van der Waals surface area contributed by atoms with Gasteiger partial charge in [0.05, 0.1) is 29.3 Å². The molecule has 1 amide bonds. The van der Waals surface area contributed by atoms with Crippen molar-refractivity contribution in [3.63, 3.8) is 0 Å². The fourth-order valence-electron chi connectivity index (χ4n) is 2.07. The van der Waals surface area contributed by atoms with Gasteiger partial charge in [-0.15, -0.1) is 11.3 Å². The molecule has 3 heterocycles. The van der Waals surface area contributed by atoms with E-state index in [-0.39, 0.29) is 5.91 Å². The van der Waals surface area contributed by atoms with Crippen LogP contribution in [-0.4, -0.2) is 25.4 Å². The fraction of sp³-hybridized carbons (Fsp3) is 0.214. The van der Waals surface area contributed by atoms with Gasteiger partial charge in [0, 0.05) is 30.4 Å². The van der Waals surface area contributed by atoms with Crippen LogP contribution in [0.5, 0.6) is 0 Å². The Morgan fingerprint density at radius 3 is 3.05 bits per heavy atom. The number of nitrogens with one attached hydrogen (secondary N) is 2. The largest absolute Gasteiger partial charge is 0.347 e. The summed E-state index contributed by atoms with van der Waals surface area (Å²) in [5, 5.41) is 5.87. The fourth-order valence-corrected chi connectivity index (χ4v) is 2.70. The lowest BCUT2D eigenvalue weighted by Crippen LogP contribution is -2.24. The quantitative estimate of drug-likeness (QED) is 0.775. The van der Waals surface area contributed by atoms with Gasteiger partial charge in [-0.25, -0.2) is 9.97 Å². The van der Waals surface area contributed by atoms with Crippen LogP contribution in [0.15, 0.2) is 30.2 Å². The van der Waals surface area contributed by atoms with E-state index in [2.05, 4.69) is 20.3 Å². The Hall–Kier alpha value is -2.41. The summed E-state index contributed by atoms with van der Waals surface area (Å²) in [5.41, 5.74) is 3.33. The Bertz CT molecular complexity index is 756. The second-order valence-corrected chi connectivity index (χ2v) is 5.80. The van der Waals surface area contributed by atoms with Gasteiger partial charge in [0.25, 0.3) is 5.91 Å². The molecular weight excluding hydrogens is 286 g/mol. The van der Waals surface area contributed by atoms with Crippen molar-refractivity contribution < 1.29 is 4.79 Å². The molecule has 3 rings (SSSR count). The first-order chi connectivity index (χ1) is 10.1.